The predicted molar refractivity (Wildman–Crippen MR) is 152 cm³/mol. The van der Waals surface area contributed by atoms with Crippen molar-refractivity contribution in [1.82, 2.24) is 14.3 Å². The van der Waals surface area contributed by atoms with Crippen molar-refractivity contribution in [2.75, 3.05) is 43.4 Å². The average Bonchev–Trinajstić information content (AvgIpc) is 3.62. The molecule has 190 valence electrons. The number of H-pyrrole nitrogens is 1. The number of pyridine rings is 1. The van der Waals surface area contributed by atoms with E-state index >= 15 is 0 Å². The van der Waals surface area contributed by atoms with Crippen LogP contribution in [-0.4, -0.2) is 59.2 Å². The fourth-order valence-corrected chi connectivity index (χ4v) is 5.14. The largest absolute Gasteiger partial charge is 0.368 e. The third-order valence-electron chi connectivity index (χ3n) is 7.17. The number of likely N-dealkylation sites (N-methyl/N-ethyl adjacent to an activating group) is 1. The average molecular weight is 504 g/mol. The summed E-state index contributed by atoms with van der Waals surface area (Å²) in [7, 11) is 2.14. The van der Waals surface area contributed by atoms with E-state index in [9.17, 15) is 9.59 Å². The summed E-state index contributed by atoms with van der Waals surface area (Å²) in [6.45, 7) is 3.84. The molecule has 0 unspecified atom stereocenters. The van der Waals surface area contributed by atoms with Crippen LogP contribution in [0.5, 0.6) is 0 Å². The molecule has 1 fully saturated rings. The molecule has 6 rings (SSSR count). The lowest BCUT2D eigenvalue weighted by Crippen LogP contribution is -2.44. The molecule has 1 aliphatic heterocycles. The number of ketones is 1. The van der Waals surface area contributed by atoms with E-state index in [4.69, 9.17) is 0 Å². The third kappa shape index (κ3) is 4.48. The molecule has 2 aromatic carbocycles. The van der Waals surface area contributed by atoms with E-state index in [1.54, 1.807) is 4.40 Å². The molecule has 1 saturated heterocycles. The van der Waals surface area contributed by atoms with E-state index in [2.05, 4.69) is 27.1 Å². The van der Waals surface area contributed by atoms with Crippen LogP contribution in [0.3, 0.4) is 0 Å². The van der Waals surface area contributed by atoms with Crippen LogP contribution in [0.4, 0.5) is 11.4 Å². The van der Waals surface area contributed by atoms with Crippen molar-refractivity contribution >= 4 is 28.6 Å². The Balaban J connectivity index is 1.33. The second-order valence-corrected chi connectivity index (χ2v) is 9.66. The maximum absolute atomic E-state index is 13.6. The van der Waals surface area contributed by atoms with Gasteiger partial charge in [0.05, 0.1) is 0 Å². The van der Waals surface area contributed by atoms with E-state index in [-0.39, 0.29) is 0 Å². The molecule has 0 saturated carbocycles. The van der Waals surface area contributed by atoms with Gasteiger partial charge in [-0.15, -0.1) is 0 Å². The minimum absolute atomic E-state index is 0.350. The number of nitrogens with one attached hydrogen (secondary N) is 2. The Hall–Kier alpha value is -4.62. The molecule has 7 nitrogen and oxygen atoms in total. The second kappa shape index (κ2) is 10.0. The Labute approximate surface area is 221 Å². The molecular formula is C31H29N5O2. The van der Waals surface area contributed by atoms with Gasteiger partial charge in [-0.3, -0.25) is 9.59 Å². The molecule has 3 aromatic heterocycles. The molecule has 0 bridgehead atoms. The number of carbonyl (C=O) groups excluding carboxylic acids is 2. The molecule has 4 heterocycles. The number of anilines is 2. The van der Waals surface area contributed by atoms with Crippen molar-refractivity contribution in [2.45, 2.75) is 0 Å². The quantitative estimate of drug-likeness (QED) is 0.248. The summed E-state index contributed by atoms with van der Waals surface area (Å²) in [5.41, 5.74) is 6.46. The zero-order chi connectivity index (χ0) is 26.1. The van der Waals surface area contributed by atoms with Crippen molar-refractivity contribution < 1.29 is 9.59 Å². The number of carbonyl (C=O) groups is 2. The van der Waals surface area contributed by atoms with Crippen LogP contribution in [-0.2, 0) is 4.79 Å². The molecule has 1 aliphatic rings. The van der Waals surface area contributed by atoms with Gasteiger partial charge >= 0.3 is 0 Å². The van der Waals surface area contributed by atoms with Gasteiger partial charge in [0.15, 0.2) is 0 Å². The van der Waals surface area contributed by atoms with Crippen molar-refractivity contribution in [3.8, 4) is 22.4 Å². The Kier molecular flexibility index (Phi) is 6.27. The second-order valence-electron chi connectivity index (χ2n) is 9.66. The van der Waals surface area contributed by atoms with E-state index in [0.29, 0.717) is 11.4 Å². The number of Topliss-reactive ketones (excluding diaryl/α,β-unsaturated/α-hetero) is 1. The van der Waals surface area contributed by atoms with Gasteiger partial charge in [-0.1, -0.05) is 36.4 Å². The monoisotopic (exact) mass is 503 g/mol. The number of hydrogen-bond donors (Lipinski definition) is 2. The van der Waals surface area contributed by atoms with E-state index in [0.717, 1.165) is 59.8 Å². The number of hydrogen-bond acceptors (Lipinski definition) is 4. The summed E-state index contributed by atoms with van der Waals surface area (Å²) in [6, 6.07) is 27.2. The SMILES string of the molecule is CN1CCN(c2ccc(NC(=O)C(=O)c3c(-c4ccccc4)cc4ccccn34)cc2-c2ccc[nH]2)CC1. The van der Waals surface area contributed by atoms with Crippen molar-refractivity contribution in [2.24, 2.45) is 0 Å². The zero-order valence-electron chi connectivity index (χ0n) is 21.2. The number of aromatic nitrogens is 2. The van der Waals surface area contributed by atoms with Crippen LogP contribution in [0, 0.1) is 0 Å². The van der Waals surface area contributed by atoms with E-state index < -0.39 is 11.7 Å². The molecule has 1 amide bonds. The minimum Gasteiger partial charge on any atom is -0.368 e. The first-order valence-corrected chi connectivity index (χ1v) is 12.8. The summed E-state index contributed by atoms with van der Waals surface area (Å²) in [6.07, 6.45) is 3.71. The van der Waals surface area contributed by atoms with Crippen molar-refractivity contribution in [3.63, 3.8) is 0 Å². The van der Waals surface area contributed by atoms with E-state index in [1.807, 2.05) is 97.3 Å². The summed E-state index contributed by atoms with van der Waals surface area (Å²) in [5, 5.41) is 2.87. The number of piperazine rings is 1. The summed E-state index contributed by atoms with van der Waals surface area (Å²) < 4.78 is 1.78. The van der Waals surface area contributed by atoms with Gasteiger partial charge in [-0.2, -0.15) is 0 Å². The molecule has 2 N–H and O–H groups in total. The van der Waals surface area contributed by atoms with Crippen LogP contribution in [0.1, 0.15) is 10.5 Å². The Morgan fingerprint density at radius 2 is 1.61 bits per heavy atom. The lowest BCUT2D eigenvalue weighted by Gasteiger charge is -2.35. The molecule has 7 heteroatoms. The molecule has 0 aliphatic carbocycles. The number of amides is 1. The molecule has 0 atom stereocenters. The Morgan fingerprint density at radius 1 is 0.816 bits per heavy atom. The van der Waals surface area contributed by atoms with Crippen LogP contribution >= 0.6 is 0 Å². The highest BCUT2D eigenvalue weighted by Crippen LogP contribution is 2.34. The molecule has 5 aromatic rings. The number of fused-ring (bicyclic) bond motifs is 1. The highest BCUT2D eigenvalue weighted by Gasteiger charge is 2.25. The third-order valence-corrected chi connectivity index (χ3v) is 7.17. The maximum Gasteiger partial charge on any atom is 0.298 e. The van der Waals surface area contributed by atoms with Gasteiger partial charge in [0.2, 0.25) is 0 Å². The Morgan fingerprint density at radius 3 is 2.37 bits per heavy atom. The fraction of sp³-hybridized carbons (Fsp3) is 0.161. The normalized spacial score (nSPS) is 14.1. The lowest BCUT2D eigenvalue weighted by atomic mass is 10.0. The van der Waals surface area contributed by atoms with Crippen molar-refractivity contribution in [1.29, 1.82) is 0 Å². The Bertz CT molecular complexity index is 1600. The predicted octanol–water partition coefficient (Wildman–Crippen LogP) is 5.17. The topological polar surface area (TPSA) is 72.8 Å². The van der Waals surface area contributed by atoms with Gasteiger partial charge in [-0.25, -0.2) is 0 Å². The number of rotatable bonds is 6. The van der Waals surface area contributed by atoms with Gasteiger partial charge in [0.25, 0.3) is 11.7 Å². The van der Waals surface area contributed by atoms with Crippen LogP contribution < -0.4 is 10.2 Å². The first-order chi connectivity index (χ1) is 18.6. The maximum atomic E-state index is 13.6. The molecule has 0 spiro atoms. The smallest absolute Gasteiger partial charge is 0.298 e. The van der Waals surface area contributed by atoms with Gasteiger partial charge in [-0.05, 0) is 61.1 Å². The van der Waals surface area contributed by atoms with Gasteiger partial charge < -0.3 is 24.5 Å². The number of nitrogens with zero attached hydrogens (tertiary/aromatic N) is 3. The summed E-state index contributed by atoms with van der Waals surface area (Å²) >= 11 is 0. The molecule has 0 radical (unpaired) electrons. The lowest BCUT2D eigenvalue weighted by molar-refractivity contribution is -0.112. The molecule has 38 heavy (non-hydrogen) atoms. The van der Waals surface area contributed by atoms with Crippen molar-refractivity contribution in [3.05, 3.63) is 103 Å². The van der Waals surface area contributed by atoms with E-state index in [1.165, 1.54) is 0 Å². The van der Waals surface area contributed by atoms with Crippen LogP contribution in [0.15, 0.2) is 97.3 Å². The van der Waals surface area contributed by atoms with Crippen LogP contribution in [0.2, 0.25) is 0 Å². The fourth-order valence-electron chi connectivity index (χ4n) is 5.14. The number of benzene rings is 2. The highest BCUT2D eigenvalue weighted by molar-refractivity contribution is 6.47. The van der Waals surface area contributed by atoms with Gasteiger partial charge in [0.1, 0.15) is 5.69 Å². The minimum atomic E-state index is -0.671. The van der Waals surface area contributed by atoms with Gasteiger partial charge in [0, 0.05) is 72.3 Å². The first-order valence-electron chi connectivity index (χ1n) is 12.8. The summed E-state index contributed by atoms with van der Waals surface area (Å²) in [4.78, 5) is 35.0. The highest BCUT2D eigenvalue weighted by atomic mass is 16.2. The summed E-state index contributed by atoms with van der Waals surface area (Å²) in [5.74, 6) is -1.25. The number of aromatic amines is 1. The zero-order valence-corrected chi connectivity index (χ0v) is 21.2. The molecular weight excluding hydrogens is 474 g/mol. The first kappa shape index (κ1) is 23.8. The van der Waals surface area contributed by atoms with Crippen LogP contribution in [0.25, 0.3) is 27.9 Å². The standard InChI is InChI=1S/C31H29N5O2/c1-34-16-18-35(19-17-34)28-13-12-23(20-26(28)27-11-7-14-32-27)33-31(38)30(37)29-25(22-8-3-2-4-9-22)21-24-10-5-6-15-36(24)29/h2-15,20-21,32H,16-19H2,1H3,(H,33,38).